The Morgan fingerprint density at radius 2 is 1.93 bits per heavy atom. The Bertz CT molecular complexity index is 949. The van der Waals surface area contributed by atoms with Crippen LogP contribution in [0.3, 0.4) is 0 Å². The lowest BCUT2D eigenvalue weighted by molar-refractivity contribution is -0.113. The van der Waals surface area contributed by atoms with Gasteiger partial charge in [0, 0.05) is 17.3 Å². The minimum absolute atomic E-state index is 0.0905. The van der Waals surface area contributed by atoms with Crippen LogP contribution in [0, 0.1) is 0 Å². The summed E-state index contributed by atoms with van der Waals surface area (Å²) >= 11 is 13.5. The molecule has 1 amide bonds. The number of carbonyl (C=O) groups excluding carboxylic acids is 1. The average molecular weight is 436 g/mol. The summed E-state index contributed by atoms with van der Waals surface area (Å²) in [5.41, 5.74) is 1.50. The third-order valence-corrected chi connectivity index (χ3v) is 5.40. The first-order valence-corrected chi connectivity index (χ1v) is 10.4. The highest BCUT2D eigenvalue weighted by Crippen LogP contribution is 2.26. The second-order valence-electron chi connectivity index (χ2n) is 5.82. The van der Waals surface area contributed by atoms with Gasteiger partial charge in [-0.1, -0.05) is 53.2 Å². The Morgan fingerprint density at radius 3 is 2.68 bits per heavy atom. The number of rotatable bonds is 8. The van der Waals surface area contributed by atoms with Gasteiger partial charge in [-0.25, -0.2) is 0 Å². The Balaban J connectivity index is 1.60. The van der Waals surface area contributed by atoms with E-state index in [2.05, 4.69) is 20.8 Å². The van der Waals surface area contributed by atoms with Gasteiger partial charge in [0.2, 0.25) is 5.91 Å². The molecule has 2 aromatic carbocycles. The first-order chi connectivity index (χ1) is 13.6. The molecule has 3 aromatic rings. The Morgan fingerprint density at radius 1 is 1.14 bits per heavy atom. The minimum atomic E-state index is -0.0905. The van der Waals surface area contributed by atoms with Gasteiger partial charge >= 0.3 is 0 Å². The fourth-order valence-electron chi connectivity index (χ4n) is 2.53. The highest BCUT2D eigenvalue weighted by Gasteiger charge is 2.13. The van der Waals surface area contributed by atoms with Crippen molar-refractivity contribution in [2.24, 2.45) is 0 Å². The number of carbonyl (C=O) groups is 1. The molecule has 0 aliphatic carbocycles. The van der Waals surface area contributed by atoms with Gasteiger partial charge in [-0.15, -0.1) is 10.2 Å². The van der Waals surface area contributed by atoms with E-state index in [-0.39, 0.29) is 11.7 Å². The van der Waals surface area contributed by atoms with E-state index in [4.69, 9.17) is 23.2 Å². The van der Waals surface area contributed by atoms with Gasteiger partial charge in [-0.2, -0.15) is 0 Å². The maximum Gasteiger partial charge on any atom is 0.234 e. The Labute approximate surface area is 177 Å². The molecule has 0 saturated heterocycles. The molecule has 0 unspecified atom stereocenters. The molecule has 3 rings (SSSR count). The van der Waals surface area contributed by atoms with Crippen LogP contribution in [0.5, 0.6) is 0 Å². The molecule has 1 heterocycles. The summed E-state index contributed by atoms with van der Waals surface area (Å²) in [4.78, 5) is 12.1. The fraction of sp³-hybridized carbons (Fsp3) is 0.211. The van der Waals surface area contributed by atoms with Crippen molar-refractivity contribution in [3.63, 3.8) is 0 Å². The second kappa shape index (κ2) is 9.82. The summed E-state index contributed by atoms with van der Waals surface area (Å²) in [6, 6.07) is 14.6. The molecule has 0 bridgehead atoms. The molecule has 6 nitrogen and oxygen atoms in total. The van der Waals surface area contributed by atoms with E-state index >= 15 is 0 Å². The summed E-state index contributed by atoms with van der Waals surface area (Å²) in [6.45, 7) is 3.14. The number of nitrogens with zero attached hydrogens (tertiary/aromatic N) is 3. The number of hydrogen-bond acceptors (Lipinski definition) is 5. The zero-order chi connectivity index (χ0) is 19.9. The maximum atomic E-state index is 12.1. The number of nitrogens with one attached hydrogen (secondary N) is 2. The first kappa shape index (κ1) is 20.5. The van der Waals surface area contributed by atoms with Crippen molar-refractivity contribution in [2.45, 2.75) is 25.2 Å². The summed E-state index contributed by atoms with van der Waals surface area (Å²) in [5.74, 6) is 0.914. The molecule has 146 valence electrons. The Kier molecular flexibility index (Phi) is 7.19. The van der Waals surface area contributed by atoms with Crippen LogP contribution in [-0.2, 0) is 17.9 Å². The van der Waals surface area contributed by atoms with Crippen molar-refractivity contribution in [3.05, 3.63) is 64.4 Å². The third-order valence-electron chi connectivity index (χ3n) is 3.86. The highest BCUT2D eigenvalue weighted by atomic mass is 35.5. The molecule has 0 aliphatic heterocycles. The van der Waals surface area contributed by atoms with Gasteiger partial charge in [0.25, 0.3) is 0 Å². The molecule has 0 spiro atoms. The van der Waals surface area contributed by atoms with Crippen LogP contribution in [0.25, 0.3) is 0 Å². The van der Waals surface area contributed by atoms with Crippen LogP contribution >= 0.6 is 35.0 Å². The van der Waals surface area contributed by atoms with E-state index in [9.17, 15) is 4.79 Å². The highest BCUT2D eigenvalue weighted by molar-refractivity contribution is 7.99. The number of para-hydroxylation sites is 1. The van der Waals surface area contributed by atoms with Crippen molar-refractivity contribution in [2.75, 3.05) is 16.4 Å². The van der Waals surface area contributed by atoms with E-state index in [1.165, 1.54) is 11.8 Å². The molecule has 0 fully saturated rings. The number of thioether (sulfide) groups is 1. The van der Waals surface area contributed by atoms with Gasteiger partial charge in [-0.3, -0.25) is 4.79 Å². The molecule has 0 saturated carbocycles. The van der Waals surface area contributed by atoms with Crippen molar-refractivity contribution in [1.82, 2.24) is 14.8 Å². The van der Waals surface area contributed by atoms with Crippen LogP contribution in [0.1, 0.15) is 12.7 Å². The van der Waals surface area contributed by atoms with E-state index in [1.54, 1.807) is 18.2 Å². The van der Waals surface area contributed by atoms with Gasteiger partial charge in [-0.05, 0) is 37.3 Å². The van der Waals surface area contributed by atoms with Gasteiger partial charge in [0.1, 0.15) is 0 Å². The molecule has 0 radical (unpaired) electrons. The van der Waals surface area contributed by atoms with Gasteiger partial charge < -0.3 is 15.2 Å². The summed E-state index contributed by atoms with van der Waals surface area (Å²) in [6.07, 6.45) is 0. The molecule has 0 atom stereocenters. The van der Waals surface area contributed by atoms with E-state index < -0.39 is 0 Å². The van der Waals surface area contributed by atoms with E-state index in [0.29, 0.717) is 28.3 Å². The predicted octanol–water partition coefficient (Wildman–Crippen LogP) is 4.95. The van der Waals surface area contributed by atoms with Crippen LogP contribution in [0.15, 0.2) is 53.7 Å². The number of amides is 1. The average Bonchev–Trinajstić information content (AvgIpc) is 3.09. The minimum Gasteiger partial charge on any atom is -0.376 e. The van der Waals surface area contributed by atoms with Crippen LogP contribution in [-0.4, -0.2) is 26.4 Å². The monoisotopic (exact) mass is 435 g/mol. The summed E-state index contributed by atoms with van der Waals surface area (Å²) < 4.78 is 1.96. The van der Waals surface area contributed by atoms with Crippen LogP contribution < -0.4 is 10.6 Å². The van der Waals surface area contributed by atoms with Crippen LogP contribution in [0.4, 0.5) is 11.4 Å². The SMILES string of the molecule is CCn1c(CNc2cc(Cl)ccc2Cl)nnc1SCC(=O)Nc1ccccc1. The second-order valence-corrected chi connectivity index (χ2v) is 7.61. The molecule has 2 N–H and O–H groups in total. The van der Waals surface area contributed by atoms with Gasteiger partial charge in [0.15, 0.2) is 11.0 Å². The summed E-state index contributed by atoms with van der Waals surface area (Å²) in [5, 5.41) is 16.4. The standard InChI is InChI=1S/C19H19Cl2N5OS/c1-2-26-17(11-22-16-10-13(20)8-9-15(16)21)24-25-19(26)28-12-18(27)23-14-6-4-3-5-7-14/h3-10,22H,2,11-12H2,1H3,(H,23,27). The summed E-state index contributed by atoms with van der Waals surface area (Å²) in [7, 11) is 0. The zero-order valence-electron chi connectivity index (χ0n) is 15.2. The Hall–Kier alpha value is -2.22. The number of hydrogen-bond donors (Lipinski definition) is 2. The molecular weight excluding hydrogens is 417 g/mol. The van der Waals surface area contributed by atoms with Crippen molar-refractivity contribution >= 4 is 52.2 Å². The molecule has 9 heteroatoms. The largest absolute Gasteiger partial charge is 0.376 e. The van der Waals surface area contributed by atoms with E-state index in [0.717, 1.165) is 17.2 Å². The predicted molar refractivity (Wildman–Crippen MR) is 115 cm³/mol. The third kappa shape index (κ3) is 5.41. The normalized spacial score (nSPS) is 10.7. The van der Waals surface area contributed by atoms with Crippen molar-refractivity contribution in [1.29, 1.82) is 0 Å². The lowest BCUT2D eigenvalue weighted by atomic mass is 10.3. The van der Waals surface area contributed by atoms with Gasteiger partial charge in [0.05, 0.1) is 23.0 Å². The number of aromatic nitrogens is 3. The van der Waals surface area contributed by atoms with Crippen LogP contribution in [0.2, 0.25) is 10.0 Å². The quantitative estimate of drug-likeness (QED) is 0.489. The number of anilines is 2. The topological polar surface area (TPSA) is 71.8 Å². The van der Waals surface area contributed by atoms with Crippen molar-refractivity contribution in [3.8, 4) is 0 Å². The molecule has 28 heavy (non-hydrogen) atoms. The smallest absolute Gasteiger partial charge is 0.234 e. The zero-order valence-corrected chi connectivity index (χ0v) is 17.5. The maximum absolute atomic E-state index is 12.1. The van der Waals surface area contributed by atoms with Crippen molar-refractivity contribution < 1.29 is 4.79 Å². The molecule has 0 aliphatic rings. The lowest BCUT2D eigenvalue weighted by Crippen LogP contribution is -2.15. The molecule has 1 aromatic heterocycles. The van der Waals surface area contributed by atoms with E-state index in [1.807, 2.05) is 41.8 Å². The molecular formula is C19H19Cl2N5OS. The lowest BCUT2D eigenvalue weighted by Gasteiger charge is -2.10. The fourth-order valence-corrected chi connectivity index (χ4v) is 3.71. The number of benzene rings is 2. The first-order valence-electron chi connectivity index (χ1n) is 8.65. The number of halogens is 2.